The van der Waals surface area contributed by atoms with E-state index in [2.05, 4.69) is 19.2 Å². The first-order valence-electron chi connectivity index (χ1n) is 26.0. The molecular weight excluding hydrogens is 719 g/mol. The first-order valence-corrected chi connectivity index (χ1v) is 26.0. The van der Waals surface area contributed by atoms with E-state index in [0.29, 0.717) is 19.4 Å². The van der Waals surface area contributed by atoms with Crippen LogP contribution in [-0.4, -0.2) is 47.4 Å². The Morgan fingerprint density at radius 3 is 1.17 bits per heavy atom. The van der Waals surface area contributed by atoms with Gasteiger partial charge in [0.25, 0.3) is 0 Å². The van der Waals surface area contributed by atoms with Gasteiger partial charge in [-0.25, -0.2) is 0 Å². The van der Waals surface area contributed by atoms with Crippen molar-refractivity contribution in [3.05, 3.63) is 12.2 Å². The van der Waals surface area contributed by atoms with Crippen LogP contribution in [0.3, 0.4) is 0 Å². The Balaban J connectivity index is 3.47. The number of carbonyl (C=O) groups is 2. The highest BCUT2D eigenvalue weighted by atomic mass is 16.5. The number of allylic oxidation sites excluding steroid dienone is 1. The van der Waals surface area contributed by atoms with Gasteiger partial charge in [0.1, 0.15) is 0 Å². The summed E-state index contributed by atoms with van der Waals surface area (Å²) in [4.78, 5) is 24.5. The molecule has 0 aliphatic carbocycles. The summed E-state index contributed by atoms with van der Waals surface area (Å²) in [6.07, 6.45) is 54.9. The Labute approximate surface area is 361 Å². The van der Waals surface area contributed by atoms with Gasteiger partial charge in [-0.15, -0.1) is 0 Å². The highest BCUT2D eigenvalue weighted by Crippen LogP contribution is 2.16. The van der Waals surface area contributed by atoms with Gasteiger partial charge in [-0.2, -0.15) is 0 Å². The van der Waals surface area contributed by atoms with E-state index in [-0.39, 0.29) is 18.5 Å². The molecule has 0 rings (SSSR count). The average molecular weight is 820 g/mol. The number of aliphatic hydroxyl groups is 2. The predicted molar refractivity (Wildman–Crippen MR) is 250 cm³/mol. The summed E-state index contributed by atoms with van der Waals surface area (Å²) >= 11 is 0. The van der Waals surface area contributed by atoms with Gasteiger partial charge < -0.3 is 20.3 Å². The van der Waals surface area contributed by atoms with Crippen LogP contribution < -0.4 is 5.32 Å². The Morgan fingerprint density at radius 1 is 0.466 bits per heavy atom. The summed E-state index contributed by atoms with van der Waals surface area (Å²) < 4.78 is 5.46. The number of carbonyl (C=O) groups excluding carboxylic acids is 2. The molecule has 0 aliphatic heterocycles. The lowest BCUT2D eigenvalue weighted by Gasteiger charge is -2.20. The first kappa shape index (κ1) is 56.6. The third-order valence-corrected chi connectivity index (χ3v) is 12.1. The van der Waals surface area contributed by atoms with E-state index < -0.39 is 12.1 Å². The second-order valence-corrected chi connectivity index (χ2v) is 17.9. The molecule has 0 radical (unpaired) electrons. The molecule has 58 heavy (non-hydrogen) atoms. The molecule has 0 saturated heterocycles. The zero-order valence-electron chi connectivity index (χ0n) is 39.0. The largest absolute Gasteiger partial charge is 0.466 e. The summed E-state index contributed by atoms with van der Waals surface area (Å²) in [5, 5.41) is 23.0. The first-order chi connectivity index (χ1) is 28.5. The quantitative estimate of drug-likeness (QED) is 0.0323. The molecule has 6 nitrogen and oxygen atoms in total. The monoisotopic (exact) mass is 820 g/mol. The van der Waals surface area contributed by atoms with Gasteiger partial charge in [0.2, 0.25) is 5.91 Å². The molecule has 0 bridgehead atoms. The van der Waals surface area contributed by atoms with E-state index in [1.165, 1.54) is 199 Å². The molecule has 344 valence electrons. The second kappa shape index (κ2) is 48.3. The molecule has 0 saturated carbocycles. The lowest BCUT2D eigenvalue weighted by molar-refractivity contribution is -0.143. The summed E-state index contributed by atoms with van der Waals surface area (Å²) in [5.74, 6) is -0.0974. The number of aliphatic hydroxyl groups excluding tert-OH is 2. The van der Waals surface area contributed by atoms with Crippen LogP contribution in [0, 0.1) is 0 Å². The lowest BCUT2D eigenvalue weighted by atomic mass is 10.0. The van der Waals surface area contributed by atoms with Crippen molar-refractivity contribution in [1.29, 1.82) is 0 Å². The molecular formula is C52H101NO5. The van der Waals surface area contributed by atoms with E-state index >= 15 is 0 Å². The molecule has 0 fully saturated rings. The maximum absolute atomic E-state index is 12.4. The average Bonchev–Trinajstić information content (AvgIpc) is 3.22. The highest BCUT2D eigenvalue weighted by molar-refractivity contribution is 5.76. The van der Waals surface area contributed by atoms with Gasteiger partial charge >= 0.3 is 5.97 Å². The van der Waals surface area contributed by atoms with Crippen LogP contribution in [0.15, 0.2) is 12.2 Å². The standard InChI is InChI=1S/C52H101NO5/c1-3-5-7-9-11-13-15-17-19-20-22-26-30-34-38-42-46-52(57)58-47-43-39-35-31-27-23-25-29-33-37-41-45-51(56)53-49(48-54)50(55)44-40-36-32-28-24-21-18-16-14-12-10-8-6-4-2/h40,44,49-50,54-55H,3-39,41-43,45-48H2,1-2H3,(H,53,56)/b44-40+. The van der Waals surface area contributed by atoms with E-state index in [4.69, 9.17) is 4.74 Å². The summed E-state index contributed by atoms with van der Waals surface area (Å²) in [6.45, 7) is 4.87. The molecule has 0 aromatic carbocycles. The lowest BCUT2D eigenvalue weighted by Crippen LogP contribution is -2.45. The Hall–Kier alpha value is -1.40. The topological polar surface area (TPSA) is 95.9 Å². The minimum atomic E-state index is -0.855. The Kier molecular flexibility index (Phi) is 47.1. The van der Waals surface area contributed by atoms with Crippen molar-refractivity contribution in [3.63, 3.8) is 0 Å². The van der Waals surface area contributed by atoms with Gasteiger partial charge in [0, 0.05) is 12.8 Å². The van der Waals surface area contributed by atoms with Gasteiger partial charge in [-0.05, 0) is 32.1 Å². The van der Waals surface area contributed by atoms with E-state index in [9.17, 15) is 19.8 Å². The summed E-state index contributed by atoms with van der Waals surface area (Å²) in [5.41, 5.74) is 0. The molecule has 0 aromatic rings. The van der Waals surface area contributed by atoms with Crippen LogP contribution in [0.1, 0.15) is 284 Å². The van der Waals surface area contributed by atoms with Gasteiger partial charge in [-0.1, -0.05) is 251 Å². The predicted octanol–water partition coefficient (Wildman–Crippen LogP) is 15.3. The number of ether oxygens (including phenoxy) is 1. The van der Waals surface area contributed by atoms with Crippen molar-refractivity contribution in [2.24, 2.45) is 0 Å². The zero-order valence-corrected chi connectivity index (χ0v) is 39.0. The third-order valence-electron chi connectivity index (χ3n) is 12.1. The van der Waals surface area contributed by atoms with Crippen molar-refractivity contribution >= 4 is 11.9 Å². The molecule has 3 N–H and O–H groups in total. The van der Waals surface area contributed by atoms with Crippen LogP contribution in [0.4, 0.5) is 0 Å². The number of unbranched alkanes of at least 4 members (excludes halogenated alkanes) is 37. The Bertz CT molecular complexity index is 863. The maximum Gasteiger partial charge on any atom is 0.305 e. The van der Waals surface area contributed by atoms with Crippen molar-refractivity contribution in [3.8, 4) is 0 Å². The number of amides is 1. The smallest absolute Gasteiger partial charge is 0.305 e. The Morgan fingerprint density at radius 2 is 0.793 bits per heavy atom. The SMILES string of the molecule is CCCCCCCCCCCCCC/C=C/C(O)C(CO)NC(=O)CCCCCCCCCCCCCOC(=O)CCCCCCCCCCCCCCCCCC. The van der Waals surface area contributed by atoms with E-state index in [1.807, 2.05) is 6.08 Å². The van der Waals surface area contributed by atoms with Gasteiger partial charge in [-0.3, -0.25) is 9.59 Å². The second-order valence-electron chi connectivity index (χ2n) is 17.9. The number of nitrogens with one attached hydrogen (secondary N) is 1. The molecule has 0 aliphatic rings. The number of hydrogen-bond acceptors (Lipinski definition) is 5. The molecule has 6 heteroatoms. The normalized spacial score (nSPS) is 12.7. The van der Waals surface area contributed by atoms with Crippen LogP contribution in [0.2, 0.25) is 0 Å². The van der Waals surface area contributed by atoms with Gasteiger partial charge in [0.05, 0.1) is 25.4 Å². The van der Waals surface area contributed by atoms with Crippen LogP contribution in [-0.2, 0) is 14.3 Å². The van der Waals surface area contributed by atoms with E-state index in [1.54, 1.807) is 6.08 Å². The van der Waals surface area contributed by atoms with Crippen LogP contribution in [0.25, 0.3) is 0 Å². The van der Waals surface area contributed by atoms with Crippen molar-refractivity contribution in [2.45, 2.75) is 296 Å². The fourth-order valence-electron chi connectivity index (χ4n) is 8.05. The molecule has 1 amide bonds. The van der Waals surface area contributed by atoms with E-state index in [0.717, 1.165) is 57.8 Å². The summed E-state index contributed by atoms with van der Waals surface area (Å²) in [6, 6.07) is -0.640. The fraction of sp³-hybridized carbons (Fsp3) is 0.923. The molecule has 0 heterocycles. The minimum absolute atomic E-state index is 0.0119. The van der Waals surface area contributed by atoms with Crippen molar-refractivity contribution in [1.82, 2.24) is 5.32 Å². The molecule has 2 atom stereocenters. The summed E-state index contributed by atoms with van der Waals surface area (Å²) in [7, 11) is 0. The fourth-order valence-corrected chi connectivity index (χ4v) is 8.05. The minimum Gasteiger partial charge on any atom is -0.466 e. The molecule has 2 unspecified atom stereocenters. The van der Waals surface area contributed by atoms with Gasteiger partial charge in [0.15, 0.2) is 0 Å². The zero-order chi connectivity index (χ0) is 42.3. The molecule has 0 aromatic heterocycles. The molecule has 0 spiro atoms. The number of rotatable bonds is 48. The van der Waals surface area contributed by atoms with Crippen molar-refractivity contribution in [2.75, 3.05) is 13.2 Å². The van der Waals surface area contributed by atoms with Crippen molar-refractivity contribution < 1.29 is 24.5 Å². The maximum atomic E-state index is 12.4. The number of esters is 1. The van der Waals surface area contributed by atoms with Crippen LogP contribution in [0.5, 0.6) is 0 Å². The van der Waals surface area contributed by atoms with Crippen LogP contribution >= 0.6 is 0 Å². The number of hydrogen-bond donors (Lipinski definition) is 3. The highest BCUT2D eigenvalue weighted by Gasteiger charge is 2.18. The third kappa shape index (κ3) is 44.2.